The van der Waals surface area contributed by atoms with Crippen LogP contribution in [0.2, 0.25) is 10.0 Å². The molecule has 2 N–H and O–H groups in total. The van der Waals surface area contributed by atoms with Gasteiger partial charge in [0.25, 0.3) is 5.91 Å². The Morgan fingerprint density at radius 2 is 2.20 bits per heavy atom. The molecule has 0 saturated heterocycles. The summed E-state index contributed by atoms with van der Waals surface area (Å²) < 4.78 is 0. The van der Waals surface area contributed by atoms with Crippen LogP contribution >= 0.6 is 31.4 Å². The third kappa shape index (κ3) is 1.29. The first kappa shape index (κ1) is 7.93. The summed E-state index contributed by atoms with van der Waals surface area (Å²) in [5, 5.41) is 1.15. The molecule has 0 saturated carbocycles. The van der Waals surface area contributed by atoms with Crippen LogP contribution < -0.4 is 5.73 Å². The van der Waals surface area contributed by atoms with Gasteiger partial charge in [0.1, 0.15) is 0 Å². The molecule has 1 aromatic heterocycles. The zero-order valence-corrected chi connectivity index (χ0v) is 7.33. The summed E-state index contributed by atoms with van der Waals surface area (Å²) in [4.78, 5) is 10.6. The van der Waals surface area contributed by atoms with Gasteiger partial charge in [-0.1, -0.05) is 23.2 Å². The summed E-state index contributed by atoms with van der Waals surface area (Å²) in [5.41, 5.74) is 4.98. The number of carbonyl (C=O) groups excluding carboxylic acids is 1. The summed E-state index contributed by atoms with van der Waals surface area (Å²) in [6.07, 6.45) is 0. The topological polar surface area (TPSA) is 43.1 Å². The molecular formula is C5H4Cl2NOP. The Labute approximate surface area is 69.4 Å². The van der Waals surface area contributed by atoms with Crippen LogP contribution in [0.5, 0.6) is 0 Å². The molecule has 0 aromatic carbocycles. The van der Waals surface area contributed by atoms with Crippen molar-refractivity contribution in [1.82, 2.24) is 0 Å². The van der Waals surface area contributed by atoms with Crippen LogP contribution in [0, 0.1) is 0 Å². The third-order valence-electron chi connectivity index (χ3n) is 1.02. The van der Waals surface area contributed by atoms with E-state index >= 15 is 0 Å². The Hall–Kier alpha value is -0.170. The van der Waals surface area contributed by atoms with Gasteiger partial charge in [0.2, 0.25) is 0 Å². The van der Waals surface area contributed by atoms with E-state index in [0.29, 0.717) is 15.3 Å². The fourth-order valence-electron chi connectivity index (χ4n) is 0.561. The lowest BCUT2D eigenvalue weighted by atomic mass is 10.4. The second-order valence-electron chi connectivity index (χ2n) is 1.69. The highest BCUT2D eigenvalue weighted by molar-refractivity contribution is 7.32. The SMILES string of the molecule is NC(=O)c1[pH]cc(Cl)c1Cl. The second-order valence-corrected chi connectivity index (χ2v) is 3.55. The zero-order valence-electron chi connectivity index (χ0n) is 4.82. The van der Waals surface area contributed by atoms with Gasteiger partial charge >= 0.3 is 0 Å². The molecule has 0 aliphatic heterocycles. The lowest BCUT2D eigenvalue weighted by Crippen LogP contribution is -2.08. The Morgan fingerprint density at radius 1 is 1.60 bits per heavy atom. The van der Waals surface area contributed by atoms with Gasteiger partial charge in [0.05, 0.1) is 15.3 Å². The summed E-state index contributed by atoms with van der Waals surface area (Å²) in [7, 11) is 0.220. The number of hydrogen-bond donors (Lipinski definition) is 1. The monoisotopic (exact) mass is 195 g/mol. The van der Waals surface area contributed by atoms with Gasteiger partial charge in [-0.15, -0.1) is 8.19 Å². The van der Waals surface area contributed by atoms with Crippen LogP contribution in [0.1, 0.15) is 10.1 Å². The zero-order chi connectivity index (χ0) is 7.72. The molecule has 54 valence electrons. The molecule has 0 fully saturated rings. The van der Waals surface area contributed by atoms with Gasteiger partial charge in [0, 0.05) is 0 Å². The maximum atomic E-state index is 10.6. The molecule has 1 heterocycles. The van der Waals surface area contributed by atoms with E-state index in [9.17, 15) is 4.79 Å². The molecule has 5 heteroatoms. The molecule has 0 bridgehead atoms. The Morgan fingerprint density at radius 3 is 2.40 bits per heavy atom. The van der Waals surface area contributed by atoms with Crippen molar-refractivity contribution in [1.29, 1.82) is 0 Å². The molecule has 10 heavy (non-hydrogen) atoms. The molecule has 2 nitrogen and oxygen atoms in total. The third-order valence-corrected chi connectivity index (χ3v) is 3.37. The van der Waals surface area contributed by atoms with E-state index in [1.807, 2.05) is 0 Å². The molecular weight excluding hydrogens is 192 g/mol. The Bertz CT molecular complexity index is 271. The van der Waals surface area contributed by atoms with E-state index in [1.54, 1.807) is 5.80 Å². The molecule has 1 atom stereocenters. The van der Waals surface area contributed by atoms with Crippen LogP contribution in [-0.4, -0.2) is 5.91 Å². The van der Waals surface area contributed by atoms with Crippen molar-refractivity contribution in [2.75, 3.05) is 0 Å². The Balaban J connectivity index is 3.17. The summed E-state index contributed by atoms with van der Waals surface area (Å²) >= 11 is 11.2. The van der Waals surface area contributed by atoms with Crippen molar-refractivity contribution >= 4 is 37.3 Å². The normalized spacial score (nSPS) is 10.6. The first-order chi connectivity index (χ1) is 4.63. The number of amides is 1. The first-order valence-electron chi connectivity index (χ1n) is 2.45. The molecule has 0 aliphatic rings. The maximum Gasteiger partial charge on any atom is 0.254 e. The predicted octanol–water partition coefficient (Wildman–Crippen LogP) is 2.12. The van der Waals surface area contributed by atoms with E-state index in [1.165, 1.54) is 0 Å². The quantitative estimate of drug-likeness (QED) is 0.734. The molecule has 0 radical (unpaired) electrons. The van der Waals surface area contributed by atoms with Crippen LogP contribution in [0.15, 0.2) is 5.80 Å². The highest BCUT2D eigenvalue weighted by Crippen LogP contribution is 2.34. The van der Waals surface area contributed by atoms with Crippen LogP contribution in [0.4, 0.5) is 0 Å². The summed E-state index contributed by atoms with van der Waals surface area (Å²) in [6.45, 7) is 0. The van der Waals surface area contributed by atoms with Gasteiger partial charge in [-0.05, 0) is 5.80 Å². The van der Waals surface area contributed by atoms with Crippen molar-refractivity contribution in [3.05, 3.63) is 21.1 Å². The Kier molecular flexibility index (Phi) is 2.24. The molecule has 0 spiro atoms. The van der Waals surface area contributed by atoms with E-state index in [4.69, 9.17) is 28.9 Å². The molecule has 1 rings (SSSR count). The van der Waals surface area contributed by atoms with E-state index in [0.717, 1.165) is 0 Å². The number of nitrogens with two attached hydrogens (primary N) is 1. The van der Waals surface area contributed by atoms with Gasteiger partial charge in [0.15, 0.2) is 0 Å². The van der Waals surface area contributed by atoms with Crippen molar-refractivity contribution in [2.24, 2.45) is 5.73 Å². The standard InChI is InChI=1S/C5H4Cl2NOP/c6-2-1-10-4(3(2)7)5(8)9/h1,10H,(H2,8,9). The summed E-state index contributed by atoms with van der Waals surface area (Å²) in [5.74, 6) is 1.19. The van der Waals surface area contributed by atoms with E-state index in [-0.39, 0.29) is 8.19 Å². The fourth-order valence-corrected chi connectivity index (χ4v) is 2.12. The van der Waals surface area contributed by atoms with Gasteiger partial charge in [-0.3, -0.25) is 4.79 Å². The minimum atomic E-state index is -0.491. The number of primary amides is 1. The average molecular weight is 196 g/mol. The highest BCUT2D eigenvalue weighted by atomic mass is 35.5. The van der Waals surface area contributed by atoms with Crippen LogP contribution in [-0.2, 0) is 0 Å². The second kappa shape index (κ2) is 2.83. The van der Waals surface area contributed by atoms with Crippen LogP contribution in [0.25, 0.3) is 0 Å². The lowest BCUT2D eigenvalue weighted by Gasteiger charge is -1.88. The van der Waals surface area contributed by atoms with Gasteiger partial charge in [-0.2, -0.15) is 0 Å². The van der Waals surface area contributed by atoms with Crippen molar-refractivity contribution in [2.45, 2.75) is 0 Å². The number of rotatable bonds is 1. The predicted molar refractivity (Wildman–Crippen MR) is 44.5 cm³/mol. The number of carbonyl (C=O) groups is 1. The molecule has 1 unspecified atom stereocenters. The van der Waals surface area contributed by atoms with E-state index < -0.39 is 5.91 Å². The number of halogens is 2. The molecule has 1 aromatic rings. The van der Waals surface area contributed by atoms with Gasteiger partial charge < -0.3 is 5.73 Å². The largest absolute Gasteiger partial charge is 0.365 e. The lowest BCUT2D eigenvalue weighted by molar-refractivity contribution is 0.100. The minimum Gasteiger partial charge on any atom is -0.365 e. The molecule has 1 amide bonds. The highest BCUT2D eigenvalue weighted by Gasteiger charge is 2.10. The summed E-state index contributed by atoms with van der Waals surface area (Å²) in [6, 6.07) is 0. The van der Waals surface area contributed by atoms with Crippen molar-refractivity contribution in [3.8, 4) is 0 Å². The first-order valence-corrected chi connectivity index (χ1v) is 4.28. The minimum absolute atomic E-state index is 0.220. The maximum absolute atomic E-state index is 10.6. The van der Waals surface area contributed by atoms with Crippen LogP contribution in [0.3, 0.4) is 0 Å². The smallest absolute Gasteiger partial charge is 0.254 e. The van der Waals surface area contributed by atoms with Gasteiger partial charge in [-0.25, -0.2) is 0 Å². The van der Waals surface area contributed by atoms with Crippen molar-refractivity contribution in [3.63, 3.8) is 0 Å². The fraction of sp³-hybridized carbons (Fsp3) is 0. The number of hydrogen-bond acceptors (Lipinski definition) is 1. The molecule has 0 aliphatic carbocycles. The average Bonchev–Trinajstić information content (AvgIpc) is 2.14. The van der Waals surface area contributed by atoms with E-state index in [2.05, 4.69) is 0 Å². The van der Waals surface area contributed by atoms with Crippen molar-refractivity contribution < 1.29 is 4.79 Å².